The summed E-state index contributed by atoms with van der Waals surface area (Å²) in [6.07, 6.45) is 3.26. The summed E-state index contributed by atoms with van der Waals surface area (Å²) in [6.45, 7) is 2.79. The summed E-state index contributed by atoms with van der Waals surface area (Å²) in [5, 5.41) is 5.58. The third-order valence-corrected chi connectivity index (χ3v) is 6.28. The smallest absolute Gasteiger partial charge is 0.257 e. The molecular formula is C21H27N3O4S2. The highest BCUT2D eigenvalue weighted by molar-refractivity contribution is 7.89. The molecule has 0 aliphatic heterocycles. The molecule has 0 fully saturated rings. The van der Waals surface area contributed by atoms with Gasteiger partial charge in [0, 0.05) is 25.3 Å². The molecule has 2 aromatic rings. The molecule has 162 valence electrons. The third kappa shape index (κ3) is 6.79. The van der Waals surface area contributed by atoms with Crippen LogP contribution in [0.25, 0.3) is 0 Å². The standard InChI is InChI=1S/C21H27N3O4S2/c1-4-5-6-15-28-18-11-7-16(8-12-18)20(25)23-21(29)22-17-9-13-19(14-10-17)30(26,27)24(2)3/h7-14H,4-6,15H2,1-3H3,(H2,22,23,25,29). The molecular weight excluding hydrogens is 422 g/mol. The Morgan fingerprint density at radius 1 is 1.03 bits per heavy atom. The number of nitrogens with zero attached hydrogens (tertiary/aromatic N) is 1. The Balaban J connectivity index is 1.89. The first-order valence-corrected chi connectivity index (χ1v) is 11.5. The van der Waals surface area contributed by atoms with E-state index in [0.717, 1.165) is 29.3 Å². The zero-order valence-corrected chi connectivity index (χ0v) is 19.0. The lowest BCUT2D eigenvalue weighted by Gasteiger charge is -2.13. The van der Waals surface area contributed by atoms with Crippen molar-refractivity contribution in [3.63, 3.8) is 0 Å². The summed E-state index contributed by atoms with van der Waals surface area (Å²) in [7, 11) is -0.558. The highest BCUT2D eigenvalue weighted by Crippen LogP contribution is 2.17. The molecule has 9 heteroatoms. The number of unbranched alkanes of at least 4 members (excludes halogenated alkanes) is 2. The van der Waals surface area contributed by atoms with Gasteiger partial charge in [-0.3, -0.25) is 10.1 Å². The highest BCUT2D eigenvalue weighted by Gasteiger charge is 2.16. The van der Waals surface area contributed by atoms with Crippen molar-refractivity contribution in [2.24, 2.45) is 0 Å². The van der Waals surface area contributed by atoms with Gasteiger partial charge >= 0.3 is 0 Å². The fraction of sp³-hybridized carbons (Fsp3) is 0.333. The number of hydrogen-bond acceptors (Lipinski definition) is 5. The van der Waals surface area contributed by atoms with Gasteiger partial charge in [0.2, 0.25) is 10.0 Å². The molecule has 2 rings (SSSR count). The summed E-state index contributed by atoms with van der Waals surface area (Å²) < 4.78 is 31.0. The number of nitrogens with one attached hydrogen (secondary N) is 2. The lowest BCUT2D eigenvalue weighted by atomic mass is 10.2. The lowest BCUT2D eigenvalue weighted by Crippen LogP contribution is -2.34. The van der Waals surface area contributed by atoms with Crippen LogP contribution in [0.4, 0.5) is 5.69 Å². The molecule has 0 heterocycles. The Morgan fingerprint density at radius 2 is 1.67 bits per heavy atom. The number of benzene rings is 2. The number of carbonyl (C=O) groups is 1. The van der Waals surface area contributed by atoms with Gasteiger partial charge in [-0.25, -0.2) is 12.7 Å². The van der Waals surface area contributed by atoms with Crippen molar-refractivity contribution < 1.29 is 17.9 Å². The van der Waals surface area contributed by atoms with E-state index in [4.69, 9.17) is 17.0 Å². The number of carbonyl (C=O) groups excluding carboxylic acids is 1. The molecule has 0 radical (unpaired) electrons. The molecule has 0 aliphatic carbocycles. The largest absolute Gasteiger partial charge is 0.494 e. The van der Waals surface area contributed by atoms with Crippen LogP contribution >= 0.6 is 12.2 Å². The Labute approximate surface area is 183 Å². The van der Waals surface area contributed by atoms with Crippen LogP contribution in [-0.2, 0) is 10.0 Å². The number of rotatable bonds is 9. The first-order chi connectivity index (χ1) is 14.2. The van der Waals surface area contributed by atoms with Crippen molar-refractivity contribution in [1.29, 1.82) is 0 Å². The Hall–Kier alpha value is -2.49. The second-order valence-electron chi connectivity index (χ2n) is 6.80. The van der Waals surface area contributed by atoms with Gasteiger partial charge in [0.15, 0.2) is 5.11 Å². The number of amides is 1. The fourth-order valence-corrected chi connectivity index (χ4v) is 3.62. The van der Waals surface area contributed by atoms with E-state index in [0.29, 0.717) is 17.9 Å². The Morgan fingerprint density at radius 3 is 2.23 bits per heavy atom. The van der Waals surface area contributed by atoms with Crippen LogP contribution in [-0.4, -0.2) is 44.4 Å². The molecule has 30 heavy (non-hydrogen) atoms. The van der Waals surface area contributed by atoms with Crippen molar-refractivity contribution in [2.75, 3.05) is 26.0 Å². The molecule has 0 saturated carbocycles. The van der Waals surface area contributed by atoms with Crippen LogP contribution in [0.15, 0.2) is 53.4 Å². The second kappa shape index (κ2) is 11.1. The van der Waals surface area contributed by atoms with E-state index in [2.05, 4.69) is 17.6 Å². The number of ether oxygens (including phenoxy) is 1. The van der Waals surface area contributed by atoms with Crippen LogP contribution in [0.2, 0.25) is 0 Å². The summed E-state index contributed by atoms with van der Waals surface area (Å²) in [4.78, 5) is 12.5. The SMILES string of the molecule is CCCCCOc1ccc(C(=O)NC(=S)Nc2ccc(S(=O)(=O)N(C)C)cc2)cc1. The van der Waals surface area contributed by atoms with E-state index in [1.54, 1.807) is 36.4 Å². The van der Waals surface area contributed by atoms with Crippen molar-refractivity contribution in [3.8, 4) is 5.75 Å². The maximum atomic E-state index is 12.4. The molecule has 2 N–H and O–H groups in total. The minimum Gasteiger partial charge on any atom is -0.494 e. The van der Waals surface area contributed by atoms with Crippen LogP contribution in [0.1, 0.15) is 36.5 Å². The number of anilines is 1. The zero-order valence-electron chi connectivity index (χ0n) is 17.3. The molecule has 1 amide bonds. The zero-order chi connectivity index (χ0) is 22.1. The van der Waals surface area contributed by atoms with Crippen molar-refractivity contribution in [3.05, 3.63) is 54.1 Å². The summed E-state index contributed by atoms with van der Waals surface area (Å²) >= 11 is 5.17. The second-order valence-corrected chi connectivity index (χ2v) is 9.36. The van der Waals surface area contributed by atoms with E-state index in [-0.39, 0.29) is 15.9 Å². The molecule has 0 spiro atoms. The van der Waals surface area contributed by atoms with E-state index < -0.39 is 10.0 Å². The third-order valence-electron chi connectivity index (χ3n) is 4.25. The van der Waals surface area contributed by atoms with E-state index in [1.807, 2.05) is 0 Å². The first kappa shape index (κ1) is 23.8. The van der Waals surface area contributed by atoms with Gasteiger partial charge in [0.25, 0.3) is 5.91 Å². The predicted molar refractivity (Wildman–Crippen MR) is 122 cm³/mol. The maximum absolute atomic E-state index is 12.4. The average molecular weight is 450 g/mol. The van der Waals surface area contributed by atoms with Gasteiger partial charge in [-0.15, -0.1) is 0 Å². The molecule has 0 atom stereocenters. The van der Waals surface area contributed by atoms with Crippen LogP contribution in [0.3, 0.4) is 0 Å². The maximum Gasteiger partial charge on any atom is 0.257 e. The molecule has 2 aromatic carbocycles. The molecule has 0 aliphatic rings. The summed E-state index contributed by atoms with van der Waals surface area (Å²) in [6, 6.07) is 13.0. The van der Waals surface area contributed by atoms with Crippen LogP contribution < -0.4 is 15.4 Å². The quantitative estimate of drug-likeness (QED) is 0.449. The monoisotopic (exact) mass is 449 g/mol. The van der Waals surface area contributed by atoms with Crippen molar-refractivity contribution >= 4 is 38.9 Å². The molecule has 0 unspecified atom stereocenters. The summed E-state index contributed by atoms with van der Waals surface area (Å²) in [5.74, 6) is 0.368. The molecule has 0 bridgehead atoms. The number of thiocarbonyl (C=S) groups is 1. The summed E-state index contributed by atoms with van der Waals surface area (Å²) in [5.41, 5.74) is 1.02. The predicted octanol–water partition coefficient (Wildman–Crippen LogP) is 3.63. The fourth-order valence-electron chi connectivity index (χ4n) is 2.50. The van der Waals surface area contributed by atoms with Crippen LogP contribution in [0.5, 0.6) is 5.75 Å². The highest BCUT2D eigenvalue weighted by atomic mass is 32.2. The van der Waals surface area contributed by atoms with Crippen LogP contribution in [0, 0.1) is 0 Å². The van der Waals surface area contributed by atoms with Crippen molar-refractivity contribution in [1.82, 2.24) is 9.62 Å². The minimum absolute atomic E-state index is 0.114. The Bertz CT molecular complexity index is 957. The van der Waals surface area contributed by atoms with Gasteiger partial charge in [0.05, 0.1) is 11.5 Å². The van der Waals surface area contributed by atoms with Gasteiger partial charge in [-0.1, -0.05) is 19.8 Å². The topological polar surface area (TPSA) is 87.7 Å². The lowest BCUT2D eigenvalue weighted by molar-refractivity contribution is 0.0977. The van der Waals surface area contributed by atoms with Gasteiger partial charge in [0.1, 0.15) is 5.75 Å². The number of sulfonamides is 1. The first-order valence-electron chi connectivity index (χ1n) is 9.62. The van der Waals surface area contributed by atoms with E-state index in [1.165, 1.54) is 26.2 Å². The number of hydrogen-bond donors (Lipinski definition) is 2. The van der Waals surface area contributed by atoms with E-state index >= 15 is 0 Å². The minimum atomic E-state index is -3.50. The van der Waals surface area contributed by atoms with Crippen molar-refractivity contribution in [2.45, 2.75) is 31.1 Å². The van der Waals surface area contributed by atoms with Gasteiger partial charge in [-0.2, -0.15) is 0 Å². The normalized spacial score (nSPS) is 11.2. The average Bonchev–Trinajstić information content (AvgIpc) is 2.72. The van der Waals surface area contributed by atoms with E-state index in [9.17, 15) is 13.2 Å². The molecule has 0 aromatic heterocycles. The van der Waals surface area contributed by atoms with Gasteiger partial charge < -0.3 is 10.1 Å². The molecule has 0 saturated heterocycles. The Kier molecular flexibility index (Phi) is 8.76. The molecule has 7 nitrogen and oxygen atoms in total. The van der Waals surface area contributed by atoms with Gasteiger partial charge in [-0.05, 0) is 67.2 Å².